The quantitative estimate of drug-likeness (QED) is 0.542. The number of nitro groups is 1. The standard InChI is InChI=1S/C15H11N3O3/c19-18(20)12-5-3-6-13(8-12)21-10-15-16-9-11-4-1-2-7-14(11)17-15/h1-9H,10H2. The summed E-state index contributed by atoms with van der Waals surface area (Å²) in [6.45, 7) is 0.159. The number of aromatic nitrogens is 2. The lowest BCUT2D eigenvalue weighted by Gasteiger charge is -2.05. The molecule has 2 aromatic carbocycles. The first-order chi connectivity index (χ1) is 10.2. The van der Waals surface area contributed by atoms with Crippen molar-refractivity contribution in [1.82, 2.24) is 9.97 Å². The number of hydrogen-bond acceptors (Lipinski definition) is 5. The SMILES string of the molecule is O=[N+]([O-])c1cccc(OCc2ncc3ccccc3n2)c1. The molecule has 0 fully saturated rings. The normalized spacial score (nSPS) is 10.5. The lowest BCUT2D eigenvalue weighted by Crippen LogP contribution is -2.01. The van der Waals surface area contributed by atoms with Crippen molar-refractivity contribution >= 4 is 16.6 Å². The molecule has 0 N–H and O–H groups in total. The van der Waals surface area contributed by atoms with E-state index < -0.39 is 4.92 Å². The summed E-state index contributed by atoms with van der Waals surface area (Å²) in [6, 6.07) is 13.7. The molecular formula is C15H11N3O3. The smallest absolute Gasteiger partial charge is 0.273 e. The zero-order valence-electron chi connectivity index (χ0n) is 11.0. The van der Waals surface area contributed by atoms with Crippen LogP contribution in [-0.2, 0) is 6.61 Å². The number of ether oxygens (including phenoxy) is 1. The number of non-ortho nitro benzene ring substituents is 1. The van der Waals surface area contributed by atoms with Crippen LogP contribution in [0.3, 0.4) is 0 Å². The lowest BCUT2D eigenvalue weighted by molar-refractivity contribution is -0.384. The van der Waals surface area contributed by atoms with Gasteiger partial charge in [-0.05, 0) is 12.1 Å². The Kier molecular flexibility index (Phi) is 3.42. The monoisotopic (exact) mass is 281 g/mol. The maximum absolute atomic E-state index is 10.7. The molecule has 3 rings (SSSR count). The molecule has 0 aliphatic carbocycles. The van der Waals surface area contributed by atoms with Crippen molar-refractivity contribution < 1.29 is 9.66 Å². The largest absolute Gasteiger partial charge is 0.485 e. The van der Waals surface area contributed by atoms with Crippen molar-refractivity contribution in [2.75, 3.05) is 0 Å². The Morgan fingerprint density at radius 2 is 2.00 bits per heavy atom. The minimum atomic E-state index is -0.459. The van der Waals surface area contributed by atoms with Gasteiger partial charge < -0.3 is 4.74 Å². The average Bonchev–Trinajstić information content (AvgIpc) is 2.53. The number of nitrogens with zero attached hydrogens (tertiary/aromatic N) is 3. The number of fused-ring (bicyclic) bond motifs is 1. The number of benzene rings is 2. The summed E-state index contributed by atoms with van der Waals surface area (Å²) in [7, 11) is 0. The minimum Gasteiger partial charge on any atom is -0.485 e. The highest BCUT2D eigenvalue weighted by atomic mass is 16.6. The van der Waals surface area contributed by atoms with Gasteiger partial charge in [-0.15, -0.1) is 0 Å². The minimum absolute atomic E-state index is 0.00747. The second-order valence-electron chi connectivity index (χ2n) is 4.39. The van der Waals surface area contributed by atoms with Crippen LogP contribution in [0.2, 0.25) is 0 Å². The zero-order chi connectivity index (χ0) is 14.7. The third kappa shape index (κ3) is 2.94. The first-order valence-corrected chi connectivity index (χ1v) is 6.30. The van der Waals surface area contributed by atoms with Crippen LogP contribution in [0.25, 0.3) is 10.9 Å². The Morgan fingerprint density at radius 3 is 2.86 bits per heavy atom. The molecule has 6 heteroatoms. The van der Waals surface area contributed by atoms with Gasteiger partial charge in [-0.1, -0.05) is 24.3 Å². The van der Waals surface area contributed by atoms with Crippen LogP contribution in [0.4, 0.5) is 5.69 Å². The van der Waals surface area contributed by atoms with Crippen molar-refractivity contribution in [3.8, 4) is 5.75 Å². The van der Waals surface area contributed by atoms with Gasteiger partial charge in [-0.3, -0.25) is 10.1 Å². The fourth-order valence-corrected chi connectivity index (χ4v) is 1.91. The van der Waals surface area contributed by atoms with Crippen LogP contribution < -0.4 is 4.74 Å². The van der Waals surface area contributed by atoms with Crippen molar-refractivity contribution in [3.63, 3.8) is 0 Å². The molecule has 1 heterocycles. The van der Waals surface area contributed by atoms with Gasteiger partial charge in [-0.25, -0.2) is 9.97 Å². The molecule has 0 unspecified atom stereocenters. The molecule has 21 heavy (non-hydrogen) atoms. The van der Waals surface area contributed by atoms with Gasteiger partial charge in [0.1, 0.15) is 12.4 Å². The molecule has 0 aliphatic heterocycles. The van der Waals surface area contributed by atoms with Crippen molar-refractivity contribution in [2.45, 2.75) is 6.61 Å². The molecule has 0 bridgehead atoms. The first kappa shape index (κ1) is 13.0. The average molecular weight is 281 g/mol. The molecule has 104 valence electrons. The highest BCUT2D eigenvalue weighted by molar-refractivity contribution is 5.77. The van der Waals surface area contributed by atoms with E-state index in [0.717, 1.165) is 10.9 Å². The van der Waals surface area contributed by atoms with E-state index in [1.54, 1.807) is 18.3 Å². The van der Waals surface area contributed by atoms with Gasteiger partial charge in [0.05, 0.1) is 16.5 Å². The van der Waals surface area contributed by atoms with E-state index in [0.29, 0.717) is 11.6 Å². The highest BCUT2D eigenvalue weighted by Crippen LogP contribution is 2.20. The number of nitro benzene ring substituents is 1. The molecule has 0 saturated heterocycles. The third-order valence-electron chi connectivity index (χ3n) is 2.94. The Labute approximate surface area is 120 Å². The summed E-state index contributed by atoms with van der Waals surface area (Å²) >= 11 is 0. The first-order valence-electron chi connectivity index (χ1n) is 6.30. The predicted molar refractivity (Wildman–Crippen MR) is 77.0 cm³/mol. The van der Waals surface area contributed by atoms with Crippen molar-refractivity contribution in [2.24, 2.45) is 0 Å². The summed E-state index contributed by atoms with van der Waals surface area (Å²) in [5.74, 6) is 0.946. The molecular weight excluding hydrogens is 270 g/mol. The fraction of sp³-hybridized carbons (Fsp3) is 0.0667. The van der Waals surface area contributed by atoms with Gasteiger partial charge in [0.2, 0.25) is 0 Å². The molecule has 0 spiro atoms. The Bertz CT molecular complexity index is 805. The summed E-state index contributed by atoms with van der Waals surface area (Å²) < 4.78 is 5.50. The van der Waals surface area contributed by atoms with E-state index in [4.69, 9.17) is 4.74 Å². The van der Waals surface area contributed by atoms with E-state index in [9.17, 15) is 10.1 Å². The Hall–Kier alpha value is -3.02. The van der Waals surface area contributed by atoms with Crippen LogP contribution in [0.1, 0.15) is 5.82 Å². The highest BCUT2D eigenvalue weighted by Gasteiger charge is 2.07. The van der Waals surface area contributed by atoms with E-state index in [1.807, 2.05) is 24.3 Å². The maximum Gasteiger partial charge on any atom is 0.273 e. The fourth-order valence-electron chi connectivity index (χ4n) is 1.91. The van der Waals surface area contributed by atoms with Crippen molar-refractivity contribution in [1.29, 1.82) is 0 Å². The van der Waals surface area contributed by atoms with Gasteiger partial charge >= 0.3 is 0 Å². The molecule has 0 radical (unpaired) electrons. The molecule has 3 aromatic rings. The van der Waals surface area contributed by atoms with E-state index in [-0.39, 0.29) is 12.3 Å². The second-order valence-corrected chi connectivity index (χ2v) is 4.39. The maximum atomic E-state index is 10.7. The third-order valence-corrected chi connectivity index (χ3v) is 2.94. The van der Waals surface area contributed by atoms with Gasteiger partial charge in [0.25, 0.3) is 5.69 Å². The molecule has 0 aliphatic rings. The predicted octanol–water partition coefficient (Wildman–Crippen LogP) is 3.12. The molecule has 6 nitrogen and oxygen atoms in total. The van der Waals surface area contributed by atoms with Crippen LogP contribution in [-0.4, -0.2) is 14.9 Å². The number of hydrogen-bond donors (Lipinski definition) is 0. The zero-order valence-corrected chi connectivity index (χ0v) is 11.0. The van der Waals surface area contributed by atoms with E-state index in [2.05, 4.69) is 9.97 Å². The van der Waals surface area contributed by atoms with Crippen LogP contribution in [0, 0.1) is 10.1 Å². The molecule has 0 amide bonds. The Balaban J connectivity index is 1.77. The topological polar surface area (TPSA) is 78.2 Å². The lowest BCUT2D eigenvalue weighted by atomic mass is 10.2. The Morgan fingerprint density at radius 1 is 1.14 bits per heavy atom. The summed E-state index contributed by atoms with van der Waals surface area (Å²) in [5, 5.41) is 11.7. The summed E-state index contributed by atoms with van der Waals surface area (Å²) in [4.78, 5) is 18.8. The van der Waals surface area contributed by atoms with Crippen molar-refractivity contribution in [3.05, 3.63) is 70.7 Å². The van der Waals surface area contributed by atoms with Crippen LogP contribution in [0.15, 0.2) is 54.7 Å². The molecule has 0 atom stereocenters. The summed E-state index contributed by atoms with van der Waals surface area (Å²) in [5.41, 5.74) is 0.831. The molecule has 0 saturated carbocycles. The summed E-state index contributed by atoms with van der Waals surface area (Å²) in [6.07, 6.45) is 1.73. The van der Waals surface area contributed by atoms with Crippen LogP contribution >= 0.6 is 0 Å². The van der Waals surface area contributed by atoms with Crippen LogP contribution in [0.5, 0.6) is 5.75 Å². The van der Waals surface area contributed by atoms with E-state index in [1.165, 1.54) is 12.1 Å². The van der Waals surface area contributed by atoms with Gasteiger partial charge in [0.15, 0.2) is 5.82 Å². The number of para-hydroxylation sites is 1. The molecule has 1 aromatic heterocycles. The van der Waals surface area contributed by atoms with Gasteiger partial charge in [-0.2, -0.15) is 0 Å². The number of rotatable bonds is 4. The second kappa shape index (κ2) is 5.54. The van der Waals surface area contributed by atoms with Gasteiger partial charge in [0, 0.05) is 17.6 Å². The van der Waals surface area contributed by atoms with E-state index >= 15 is 0 Å².